The molecule has 3 aromatic rings. The molecule has 0 spiro atoms. The molecule has 1 saturated heterocycles. The molecule has 1 amide bonds. The standard InChI is InChI=1S/C22H27N5O2S/c1-17-5-2-6-18(15-17)23-20(28)16-27-12-10-26(11-13-27)9-3-8-21-24-22(25-29-21)19-7-4-14-30-19/h2,4-7,14-15H,3,8-13,16H2,1H3,(H,23,28). The van der Waals surface area contributed by atoms with Crippen molar-refractivity contribution in [2.45, 2.75) is 19.8 Å². The number of anilines is 1. The third-order valence-electron chi connectivity index (χ3n) is 5.21. The summed E-state index contributed by atoms with van der Waals surface area (Å²) >= 11 is 1.61. The predicted octanol–water partition coefficient (Wildman–Crippen LogP) is 3.30. The van der Waals surface area contributed by atoms with Crippen LogP contribution in [-0.4, -0.2) is 65.1 Å². The van der Waals surface area contributed by atoms with Gasteiger partial charge in [0.2, 0.25) is 17.6 Å². The normalized spacial score (nSPS) is 15.4. The van der Waals surface area contributed by atoms with Crippen LogP contribution in [0.2, 0.25) is 0 Å². The molecular weight excluding hydrogens is 398 g/mol. The average molecular weight is 426 g/mol. The predicted molar refractivity (Wildman–Crippen MR) is 119 cm³/mol. The molecule has 0 saturated carbocycles. The Kier molecular flexibility index (Phi) is 6.88. The maximum Gasteiger partial charge on any atom is 0.238 e. The maximum absolute atomic E-state index is 12.3. The van der Waals surface area contributed by atoms with Gasteiger partial charge in [0.1, 0.15) is 0 Å². The van der Waals surface area contributed by atoms with Gasteiger partial charge in [-0.1, -0.05) is 23.4 Å². The fourth-order valence-electron chi connectivity index (χ4n) is 3.61. The molecule has 158 valence electrons. The highest BCUT2D eigenvalue weighted by Crippen LogP contribution is 2.21. The molecule has 4 rings (SSSR count). The van der Waals surface area contributed by atoms with Gasteiger partial charge in [-0.15, -0.1) is 11.3 Å². The summed E-state index contributed by atoms with van der Waals surface area (Å²) in [7, 11) is 0. The first kappa shape index (κ1) is 20.7. The molecule has 7 nitrogen and oxygen atoms in total. The number of hydrogen-bond acceptors (Lipinski definition) is 7. The summed E-state index contributed by atoms with van der Waals surface area (Å²) in [6.07, 6.45) is 1.78. The summed E-state index contributed by atoms with van der Waals surface area (Å²) in [6.45, 7) is 7.23. The van der Waals surface area contributed by atoms with Crippen molar-refractivity contribution in [3.8, 4) is 10.7 Å². The fraction of sp³-hybridized carbons (Fsp3) is 0.409. The Morgan fingerprint density at radius 3 is 2.77 bits per heavy atom. The summed E-state index contributed by atoms with van der Waals surface area (Å²) < 4.78 is 5.37. The minimum atomic E-state index is 0.0481. The highest BCUT2D eigenvalue weighted by atomic mass is 32.1. The van der Waals surface area contributed by atoms with Crippen LogP contribution in [-0.2, 0) is 11.2 Å². The van der Waals surface area contributed by atoms with Gasteiger partial charge in [0.15, 0.2) is 0 Å². The van der Waals surface area contributed by atoms with Gasteiger partial charge in [0.25, 0.3) is 0 Å². The van der Waals surface area contributed by atoms with Crippen LogP contribution in [0.4, 0.5) is 5.69 Å². The first-order chi connectivity index (χ1) is 14.7. The Labute approximate surface area is 180 Å². The third-order valence-corrected chi connectivity index (χ3v) is 6.07. The van der Waals surface area contributed by atoms with Crippen LogP contribution >= 0.6 is 11.3 Å². The number of benzene rings is 1. The molecule has 8 heteroatoms. The smallest absolute Gasteiger partial charge is 0.238 e. The van der Waals surface area contributed by atoms with Crippen molar-refractivity contribution in [2.24, 2.45) is 0 Å². The van der Waals surface area contributed by atoms with Crippen LogP contribution in [0.1, 0.15) is 17.9 Å². The van der Waals surface area contributed by atoms with Gasteiger partial charge in [-0.25, -0.2) is 0 Å². The van der Waals surface area contributed by atoms with Gasteiger partial charge < -0.3 is 14.7 Å². The Balaban J connectivity index is 1.14. The lowest BCUT2D eigenvalue weighted by Gasteiger charge is -2.34. The molecule has 1 N–H and O–H groups in total. The lowest BCUT2D eigenvalue weighted by Crippen LogP contribution is -2.48. The van der Waals surface area contributed by atoms with Crippen molar-refractivity contribution in [1.82, 2.24) is 19.9 Å². The number of rotatable bonds is 8. The number of aromatic nitrogens is 2. The number of nitrogens with zero attached hydrogens (tertiary/aromatic N) is 4. The zero-order valence-corrected chi connectivity index (χ0v) is 18.0. The summed E-state index contributed by atoms with van der Waals surface area (Å²) in [4.78, 5) is 22.5. The van der Waals surface area contributed by atoms with Crippen molar-refractivity contribution < 1.29 is 9.32 Å². The van der Waals surface area contributed by atoms with Gasteiger partial charge >= 0.3 is 0 Å². The van der Waals surface area contributed by atoms with E-state index in [4.69, 9.17) is 4.52 Å². The zero-order chi connectivity index (χ0) is 20.8. The van der Waals surface area contributed by atoms with Crippen molar-refractivity contribution in [2.75, 3.05) is 44.6 Å². The highest BCUT2D eigenvalue weighted by molar-refractivity contribution is 7.13. The van der Waals surface area contributed by atoms with Gasteiger partial charge in [0, 0.05) is 38.3 Å². The lowest BCUT2D eigenvalue weighted by atomic mass is 10.2. The zero-order valence-electron chi connectivity index (χ0n) is 17.2. The molecule has 0 unspecified atom stereocenters. The molecule has 1 aliphatic heterocycles. The van der Waals surface area contributed by atoms with E-state index >= 15 is 0 Å². The monoisotopic (exact) mass is 425 g/mol. The SMILES string of the molecule is Cc1cccc(NC(=O)CN2CCN(CCCc3nc(-c4cccs4)no3)CC2)c1. The summed E-state index contributed by atoms with van der Waals surface area (Å²) in [5.74, 6) is 1.43. The number of aryl methyl sites for hydroxylation is 2. The second-order valence-electron chi connectivity index (χ2n) is 7.63. The number of carbonyl (C=O) groups excluding carboxylic acids is 1. The number of amides is 1. The molecule has 1 fully saturated rings. The number of carbonyl (C=O) groups is 1. The van der Waals surface area contributed by atoms with E-state index in [1.807, 2.05) is 48.7 Å². The van der Waals surface area contributed by atoms with E-state index in [9.17, 15) is 4.79 Å². The summed E-state index contributed by atoms with van der Waals surface area (Å²) in [5.41, 5.74) is 2.01. The Hall–Kier alpha value is -2.55. The van der Waals surface area contributed by atoms with E-state index in [0.717, 1.165) is 61.7 Å². The largest absolute Gasteiger partial charge is 0.339 e. The molecule has 30 heavy (non-hydrogen) atoms. The second kappa shape index (κ2) is 9.97. The van der Waals surface area contributed by atoms with Crippen LogP contribution in [0.5, 0.6) is 0 Å². The van der Waals surface area contributed by atoms with E-state index < -0.39 is 0 Å². The van der Waals surface area contributed by atoms with E-state index in [-0.39, 0.29) is 5.91 Å². The first-order valence-corrected chi connectivity index (χ1v) is 11.2. The first-order valence-electron chi connectivity index (χ1n) is 10.3. The van der Waals surface area contributed by atoms with Crippen molar-refractivity contribution in [3.63, 3.8) is 0 Å². The van der Waals surface area contributed by atoms with Crippen LogP contribution in [0, 0.1) is 6.92 Å². The second-order valence-corrected chi connectivity index (χ2v) is 8.58. The van der Waals surface area contributed by atoms with E-state index in [0.29, 0.717) is 18.3 Å². The molecule has 1 aliphatic rings. The van der Waals surface area contributed by atoms with Crippen LogP contribution < -0.4 is 5.32 Å². The quantitative estimate of drug-likeness (QED) is 0.597. The highest BCUT2D eigenvalue weighted by Gasteiger charge is 2.19. The Morgan fingerprint density at radius 1 is 1.17 bits per heavy atom. The lowest BCUT2D eigenvalue weighted by molar-refractivity contribution is -0.117. The van der Waals surface area contributed by atoms with Crippen LogP contribution in [0.3, 0.4) is 0 Å². The summed E-state index contributed by atoms with van der Waals surface area (Å²) in [6, 6.07) is 11.9. The van der Waals surface area contributed by atoms with E-state index in [1.165, 1.54) is 0 Å². The summed E-state index contributed by atoms with van der Waals surface area (Å²) in [5, 5.41) is 9.06. The van der Waals surface area contributed by atoms with Crippen LogP contribution in [0.15, 0.2) is 46.3 Å². The number of thiophene rings is 1. The average Bonchev–Trinajstić information content (AvgIpc) is 3.41. The molecule has 0 aliphatic carbocycles. The van der Waals surface area contributed by atoms with Gasteiger partial charge in [0.05, 0.1) is 11.4 Å². The topological polar surface area (TPSA) is 74.5 Å². The molecular formula is C22H27N5O2S. The van der Waals surface area contributed by atoms with Gasteiger partial charge in [-0.05, 0) is 49.0 Å². The number of piperazine rings is 1. The van der Waals surface area contributed by atoms with E-state index in [2.05, 4.69) is 25.3 Å². The molecule has 0 bridgehead atoms. The maximum atomic E-state index is 12.3. The Bertz CT molecular complexity index is 948. The minimum Gasteiger partial charge on any atom is -0.339 e. The van der Waals surface area contributed by atoms with Crippen molar-refractivity contribution in [1.29, 1.82) is 0 Å². The molecule has 3 heterocycles. The van der Waals surface area contributed by atoms with E-state index in [1.54, 1.807) is 11.3 Å². The number of hydrogen-bond donors (Lipinski definition) is 1. The van der Waals surface area contributed by atoms with Crippen molar-refractivity contribution >= 4 is 22.9 Å². The fourth-order valence-corrected chi connectivity index (χ4v) is 4.26. The Morgan fingerprint density at radius 2 is 2.00 bits per heavy atom. The minimum absolute atomic E-state index is 0.0481. The van der Waals surface area contributed by atoms with Gasteiger partial charge in [-0.2, -0.15) is 4.98 Å². The third kappa shape index (κ3) is 5.75. The van der Waals surface area contributed by atoms with Gasteiger partial charge in [-0.3, -0.25) is 9.69 Å². The number of nitrogens with one attached hydrogen (secondary N) is 1. The molecule has 1 aromatic carbocycles. The van der Waals surface area contributed by atoms with Crippen molar-refractivity contribution in [3.05, 3.63) is 53.2 Å². The molecule has 0 radical (unpaired) electrons. The molecule has 2 aromatic heterocycles. The van der Waals surface area contributed by atoms with Crippen LogP contribution in [0.25, 0.3) is 10.7 Å². The molecule has 0 atom stereocenters.